The Morgan fingerprint density at radius 3 is 2.69 bits per heavy atom. The van der Waals surface area contributed by atoms with Crippen molar-refractivity contribution in [1.29, 1.82) is 0 Å². The van der Waals surface area contributed by atoms with Gasteiger partial charge in [-0.15, -0.1) is 0 Å². The summed E-state index contributed by atoms with van der Waals surface area (Å²) in [5, 5.41) is 6.60. The third kappa shape index (κ3) is 6.75. The molecule has 0 spiro atoms. The molecule has 146 valence electrons. The van der Waals surface area contributed by atoms with Crippen LogP contribution in [0.3, 0.4) is 0 Å². The van der Waals surface area contributed by atoms with Crippen LogP contribution < -0.4 is 20.1 Å². The molecule has 0 amide bonds. The van der Waals surface area contributed by atoms with Gasteiger partial charge in [0, 0.05) is 32.0 Å². The number of ether oxygens (including phenoxy) is 3. The minimum Gasteiger partial charge on any atom is -0.493 e. The predicted octanol–water partition coefficient (Wildman–Crippen LogP) is 3.82. The van der Waals surface area contributed by atoms with E-state index in [1.165, 1.54) is 32.1 Å². The molecule has 0 bridgehead atoms. The molecule has 2 N–H and O–H groups in total. The van der Waals surface area contributed by atoms with Gasteiger partial charge < -0.3 is 24.8 Å². The summed E-state index contributed by atoms with van der Waals surface area (Å²) in [6, 6.07) is 5.76. The van der Waals surface area contributed by atoms with Gasteiger partial charge in [0.05, 0.1) is 19.8 Å². The van der Waals surface area contributed by atoms with Crippen LogP contribution in [0.25, 0.3) is 0 Å². The second-order valence-electron chi connectivity index (χ2n) is 6.41. The van der Waals surface area contributed by atoms with Crippen LogP contribution in [0.2, 0.25) is 0 Å². The summed E-state index contributed by atoms with van der Waals surface area (Å²) in [4.78, 5) is 4.27. The maximum absolute atomic E-state index is 5.95. The molecule has 1 aromatic rings. The van der Waals surface area contributed by atoms with Crippen LogP contribution in [0, 0.1) is 0 Å². The zero-order valence-electron chi connectivity index (χ0n) is 16.3. The largest absolute Gasteiger partial charge is 0.493 e. The maximum atomic E-state index is 5.95. The van der Waals surface area contributed by atoms with E-state index in [0.29, 0.717) is 18.5 Å². The standard InChI is InChI=1S/C20H33N3O3/c1-4-25-18-12-11-16(15-19(18)24-3)23-20(21-2)22-13-8-14-26-17-9-6-5-7-10-17/h11-12,15,17H,4-10,13-14H2,1-3H3,(H2,21,22,23). The first kappa shape index (κ1) is 20.4. The summed E-state index contributed by atoms with van der Waals surface area (Å²) >= 11 is 0. The molecule has 2 rings (SSSR count). The van der Waals surface area contributed by atoms with Crippen molar-refractivity contribution in [2.45, 2.75) is 51.6 Å². The highest BCUT2D eigenvalue weighted by atomic mass is 16.5. The van der Waals surface area contributed by atoms with Gasteiger partial charge in [-0.05, 0) is 38.3 Å². The molecular formula is C20H33N3O3. The van der Waals surface area contributed by atoms with Crippen LogP contribution in [0.5, 0.6) is 11.5 Å². The smallest absolute Gasteiger partial charge is 0.195 e. The Morgan fingerprint density at radius 2 is 2.00 bits per heavy atom. The molecular weight excluding hydrogens is 330 g/mol. The highest BCUT2D eigenvalue weighted by molar-refractivity contribution is 5.93. The van der Waals surface area contributed by atoms with E-state index >= 15 is 0 Å². The fourth-order valence-corrected chi connectivity index (χ4v) is 3.10. The minimum absolute atomic E-state index is 0.470. The fraction of sp³-hybridized carbons (Fsp3) is 0.650. The third-order valence-electron chi connectivity index (χ3n) is 4.47. The van der Waals surface area contributed by atoms with Crippen LogP contribution in [0.1, 0.15) is 45.4 Å². The molecule has 1 aliphatic rings. The van der Waals surface area contributed by atoms with Crippen molar-refractivity contribution in [2.24, 2.45) is 4.99 Å². The van der Waals surface area contributed by atoms with Crippen LogP contribution >= 0.6 is 0 Å². The van der Waals surface area contributed by atoms with Gasteiger partial charge in [0.2, 0.25) is 0 Å². The number of hydrogen-bond donors (Lipinski definition) is 2. The fourth-order valence-electron chi connectivity index (χ4n) is 3.10. The topological polar surface area (TPSA) is 64.1 Å². The van der Waals surface area contributed by atoms with E-state index in [9.17, 15) is 0 Å². The van der Waals surface area contributed by atoms with Gasteiger partial charge in [-0.3, -0.25) is 4.99 Å². The van der Waals surface area contributed by atoms with Crippen molar-refractivity contribution in [2.75, 3.05) is 39.2 Å². The van der Waals surface area contributed by atoms with Gasteiger partial charge in [-0.1, -0.05) is 19.3 Å². The summed E-state index contributed by atoms with van der Waals surface area (Å²) in [7, 11) is 3.40. The normalized spacial score (nSPS) is 15.6. The predicted molar refractivity (Wildman–Crippen MR) is 107 cm³/mol. The molecule has 1 fully saturated rings. The molecule has 1 aromatic carbocycles. The average Bonchev–Trinajstić information content (AvgIpc) is 2.68. The number of guanidine groups is 1. The Bertz CT molecular complexity index is 557. The lowest BCUT2D eigenvalue weighted by molar-refractivity contribution is 0.0277. The monoisotopic (exact) mass is 363 g/mol. The van der Waals surface area contributed by atoms with Crippen LogP contribution in [-0.4, -0.2) is 46.0 Å². The van der Waals surface area contributed by atoms with Crippen molar-refractivity contribution in [3.63, 3.8) is 0 Å². The molecule has 0 heterocycles. The van der Waals surface area contributed by atoms with Crippen molar-refractivity contribution in [3.8, 4) is 11.5 Å². The molecule has 0 saturated heterocycles. The highest BCUT2D eigenvalue weighted by Crippen LogP contribution is 2.30. The van der Waals surface area contributed by atoms with Crippen molar-refractivity contribution in [3.05, 3.63) is 18.2 Å². The Balaban J connectivity index is 1.73. The molecule has 0 unspecified atom stereocenters. The van der Waals surface area contributed by atoms with Gasteiger partial charge in [0.25, 0.3) is 0 Å². The first-order chi connectivity index (χ1) is 12.8. The Hall–Kier alpha value is -1.95. The summed E-state index contributed by atoms with van der Waals surface area (Å²) in [5.41, 5.74) is 0.900. The van der Waals surface area contributed by atoms with Crippen molar-refractivity contribution < 1.29 is 14.2 Å². The van der Waals surface area contributed by atoms with Gasteiger partial charge in [0.15, 0.2) is 17.5 Å². The maximum Gasteiger partial charge on any atom is 0.195 e. The van der Waals surface area contributed by atoms with E-state index in [1.54, 1.807) is 14.2 Å². The molecule has 6 heteroatoms. The van der Waals surface area contributed by atoms with Crippen LogP contribution in [-0.2, 0) is 4.74 Å². The number of nitrogens with zero attached hydrogens (tertiary/aromatic N) is 1. The molecule has 0 aromatic heterocycles. The molecule has 6 nitrogen and oxygen atoms in total. The second kappa shape index (κ2) is 11.6. The Kier molecular flexibility index (Phi) is 9.10. The van der Waals surface area contributed by atoms with E-state index in [-0.39, 0.29) is 0 Å². The zero-order chi connectivity index (χ0) is 18.6. The lowest BCUT2D eigenvalue weighted by Gasteiger charge is -2.22. The minimum atomic E-state index is 0.470. The number of methoxy groups -OCH3 is 1. The summed E-state index contributed by atoms with van der Waals surface area (Å²) in [5.74, 6) is 2.17. The number of rotatable bonds is 9. The van der Waals surface area contributed by atoms with Crippen LogP contribution in [0.15, 0.2) is 23.2 Å². The molecule has 26 heavy (non-hydrogen) atoms. The summed E-state index contributed by atoms with van der Waals surface area (Å²) in [6.45, 7) is 4.18. The quantitative estimate of drug-likeness (QED) is 0.397. The van der Waals surface area contributed by atoms with Gasteiger partial charge in [0.1, 0.15) is 0 Å². The second-order valence-corrected chi connectivity index (χ2v) is 6.41. The summed E-state index contributed by atoms with van der Waals surface area (Å²) < 4.78 is 16.9. The highest BCUT2D eigenvalue weighted by Gasteiger charge is 2.13. The first-order valence-corrected chi connectivity index (χ1v) is 9.67. The van der Waals surface area contributed by atoms with Crippen LogP contribution in [0.4, 0.5) is 5.69 Å². The van der Waals surface area contributed by atoms with E-state index in [0.717, 1.165) is 37.0 Å². The molecule has 0 aliphatic heterocycles. The SMILES string of the molecule is CCOc1ccc(NC(=NC)NCCCOC2CCCCC2)cc1OC. The number of hydrogen-bond acceptors (Lipinski definition) is 4. The summed E-state index contributed by atoms with van der Waals surface area (Å²) in [6.07, 6.45) is 7.85. The first-order valence-electron chi connectivity index (χ1n) is 9.67. The van der Waals surface area contributed by atoms with E-state index in [1.807, 2.05) is 25.1 Å². The lowest BCUT2D eigenvalue weighted by Crippen LogP contribution is -2.32. The number of nitrogens with one attached hydrogen (secondary N) is 2. The van der Waals surface area contributed by atoms with E-state index in [2.05, 4.69) is 15.6 Å². The Labute approximate surface area is 157 Å². The third-order valence-corrected chi connectivity index (χ3v) is 4.47. The lowest BCUT2D eigenvalue weighted by atomic mass is 9.98. The number of anilines is 1. The molecule has 0 radical (unpaired) electrons. The molecule has 1 saturated carbocycles. The zero-order valence-corrected chi connectivity index (χ0v) is 16.3. The van der Waals surface area contributed by atoms with Gasteiger partial charge >= 0.3 is 0 Å². The van der Waals surface area contributed by atoms with E-state index < -0.39 is 0 Å². The Morgan fingerprint density at radius 1 is 1.19 bits per heavy atom. The van der Waals surface area contributed by atoms with E-state index in [4.69, 9.17) is 14.2 Å². The van der Waals surface area contributed by atoms with Crippen molar-refractivity contribution >= 4 is 11.6 Å². The van der Waals surface area contributed by atoms with Crippen molar-refractivity contribution in [1.82, 2.24) is 5.32 Å². The van der Waals surface area contributed by atoms with Gasteiger partial charge in [-0.2, -0.15) is 0 Å². The number of benzene rings is 1. The number of aliphatic imine (C=N–C) groups is 1. The molecule has 1 aliphatic carbocycles. The average molecular weight is 364 g/mol. The molecule has 0 atom stereocenters. The van der Waals surface area contributed by atoms with Gasteiger partial charge in [-0.25, -0.2) is 0 Å².